The van der Waals surface area contributed by atoms with Crippen molar-refractivity contribution in [2.75, 3.05) is 13.2 Å². The van der Waals surface area contributed by atoms with E-state index in [4.69, 9.17) is 9.47 Å². The Balaban J connectivity index is 3.44. The number of hydrogen-bond acceptors (Lipinski definition) is 5. The molecule has 1 unspecified atom stereocenters. The molecule has 0 heterocycles. The number of rotatable bonds is 61. The Morgan fingerprint density at radius 1 is 0.316 bits per heavy atom. The summed E-state index contributed by atoms with van der Waals surface area (Å²) in [6.07, 6.45) is 93.1. The summed E-state index contributed by atoms with van der Waals surface area (Å²) in [5, 5.41) is 9.69. The van der Waals surface area contributed by atoms with E-state index in [2.05, 4.69) is 98.9 Å². The largest absolute Gasteiger partial charge is 0.462 e. The number of aliphatic hydroxyl groups is 1. The van der Waals surface area contributed by atoms with E-state index in [1.54, 1.807) is 0 Å². The van der Waals surface area contributed by atoms with Crippen molar-refractivity contribution in [3.05, 3.63) is 85.1 Å². The molecular formula is C71H126O5. The average Bonchev–Trinajstić information content (AvgIpc) is 3.42. The molecule has 0 aromatic carbocycles. The monoisotopic (exact) mass is 1060 g/mol. The zero-order valence-corrected chi connectivity index (χ0v) is 50.5. The highest BCUT2D eigenvalue weighted by Gasteiger charge is 2.16. The van der Waals surface area contributed by atoms with E-state index in [0.717, 1.165) is 77.0 Å². The lowest BCUT2D eigenvalue weighted by Gasteiger charge is -2.15. The third-order valence-electron chi connectivity index (χ3n) is 14.7. The van der Waals surface area contributed by atoms with Gasteiger partial charge in [0.25, 0.3) is 0 Å². The lowest BCUT2D eigenvalue weighted by Crippen LogP contribution is -2.28. The predicted octanol–water partition coefficient (Wildman–Crippen LogP) is 22.9. The number of ether oxygens (including phenoxy) is 2. The van der Waals surface area contributed by atoms with Crippen molar-refractivity contribution in [3.8, 4) is 0 Å². The summed E-state index contributed by atoms with van der Waals surface area (Å²) in [5.74, 6) is -0.577. The molecule has 76 heavy (non-hydrogen) atoms. The first kappa shape index (κ1) is 73.1. The Bertz CT molecular complexity index is 1380. The van der Waals surface area contributed by atoms with Crippen molar-refractivity contribution < 1.29 is 24.2 Å². The van der Waals surface area contributed by atoms with Crippen LogP contribution in [0.2, 0.25) is 0 Å². The number of allylic oxidation sites excluding steroid dienone is 14. The second-order valence-electron chi connectivity index (χ2n) is 22.2. The van der Waals surface area contributed by atoms with E-state index in [1.807, 2.05) is 0 Å². The van der Waals surface area contributed by atoms with Crippen LogP contribution in [0.5, 0.6) is 0 Å². The van der Waals surface area contributed by atoms with E-state index < -0.39 is 6.10 Å². The standard InChI is InChI=1S/C71H126O5/c1-3-5-7-9-11-13-15-17-19-21-23-25-27-29-31-33-34-35-36-38-39-41-43-45-47-49-51-53-55-57-59-61-63-65-70(73)75-68-69(67-72)76-71(74)66-64-62-60-58-56-54-52-50-48-46-44-42-40-37-32-30-28-26-24-22-20-18-16-14-12-10-8-6-4-2/h6,8,12,14-15,17-18,20-21,23-24,26-27,29,69,72H,3-5,7,9-11,13,16,19,22,25,28,30-68H2,1-2H3/b8-6-,14-12-,17-15-,20-18-,23-21-,26-24-,29-27-. The Labute approximate surface area is 473 Å². The van der Waals surface area contributed by atoms with Crippen molar-refractivity contribution in [1.82, 2.24) is 0 Å². The molecule has 0 saturated heterocycles. The number of esters is 2. The zero-order chi connectivity index (χ0) is 54.8. The second kappa shape index (κ2) is 66.4. The van der Waals surface area contributed by atoms with Crippen LogP contribution in [-0.2, 0) is 19.1 Å². The number of unbranched alkanes of at least 4 members (excludes halogenated alkanes) is 39. The molecule has 0 bridgehead atoms. The molecule has 440 valence electrons. The van der Waals surface area contributed by atoms with Crippen LogP contribution >= 0.6 is 0 Å². The van der Waals surface area contributed by atoms with E-state index in [0.29, 0.717) is 12.8 Å². The molecule has 0 fully saturated rings. The topological polar surface area (TPSA) is 72.8 Å². The van der Waals surface area contributed by atoms with Gasteiger partial charge in [-0.1, -0.05) is 317 Å². The van der Waals surface area contributed by atoms with E-state index in [-0.39, 0.29) is 25.2 Å². The van der Waals surface area contributed by atoms with Crippen LogP contribution < -0.4 is 0 Å². The molecule has 0 saturated carbocycles. The molecule has 0 aliphatic carbocycles. The normalized spacial score (nSPS) is 12.7. The summed E-state index contributed by atoms with van der Waals surface area (Å²) < 4.78 is 10.8. The number of carbonyl (C=O) groups is 2. The van der Waals surface area contributed by atoms with Gasteiger partial charge in [0, 0.05) is 12.8 Å². The third-order valence-corrected chi connectivity index (χ3v) is 14.7. The van der Waals surface area contributed by atoms with Crippen molar-refractivity contribution in [2.45, 2.75) is 341 Å². The van der Waals surface area contributed by atoms with Crippen molar-refractivity contribution in [2.24, 2.45) is 0 Å². The molecule has 1 N–H and O–H groups in total. The van der Waals surface area contributed by atoms with Crippen LogP contribution in [0.4, 0.5) is 0 Å². The maximum absolute atomic E-state index is 12.4. The molecule has 5 heteroatoms. The molecule has 5 nitrogen and oxygen atoms in total. The van der Waals surface area contributed by atoms with Gasteiger partial charge in [0.2, 0.25) is 0 Å². The van der Waals surface area contributed by atoms with E-state index in [9.17, 15) is 14.7 Å². The Morgan fingerprint density at radius 2 is 0.566 bits per heavy atom. The molecule has 0 radical (unpaired) electrons. The summed E-state index contributed by atoms with van der Waals surface area (Å²) in [4.78, 5) is 24.6. The molecule has 0 spiro atoms. The lowest BCUT2D eigenvalue weighted by molar-refractivity contribution is -0.161. The molecule has 1 atom stereocenters. The van der Waals surface area contributed by atoms with Crippen molar-refractivity contribution in [1.29, 1.82) is 0 Å². The third kappa shape index (κ3) is 63.6. The SMILES string of the molecule is CC/C=C\C/C=C\C/C=C\C/C=C\CCCCCCCCCCCCCCCCCCC(=O)OC(CO)COC(=O)CCCCCCCCCCCCCCCCCCCC/C=C\C/C=C\C/C=C\CCCCCCC. The summed E-state index contributed by atoms with van der Waals surface area (Å²) in [6.45, 7) is 4.05. The fraction of sp³-hybridized carbons (Fsp3) is 0.775. The minimum Gasteiger partial charge on any atom is -0.462 e. The number of carbonyl (C=O) groups excluding carboxylic acids is 2. The molecule has 0 aromatic rings. The van der Waals surface area contributed by atoms with E-state index >= 15 is 0 Å². The highest BCUT2D eigenvalue weighted by molar-refractivity contribution is 5.70. The van der Waals surface area contributed by atoms with Crippen molar-refractivity contribution in [3.63, 3.8) is 0 Å². The van der Waals surface area contributed by atoms with Crippen LogP contribution in [0.15, 0.2) is 85.1 Å². The highest BCUT2D eigenvalue weighted by Crippen LogP contribution is 2.18. The molecule has 0 aliphatic rings. The second-order valence-corrected chi connectivity index (χ2v) is 22.2. The molecule has 0 amide bonds. The Kier molecular flexibility index (Phi) is 63.8. The highest BCUT2D eigenvalue weighted by atomic mass is 16.6. The van der Waals surface area contributed by atoms with Gasteiger partial charge < -0.3 is 14.6 Å². The van der Waals surface area contributed by atoms with E-state index in [1.165, 1.54) is 231 Å². The van der Waals surface area contributed by atoms with Crippen LogP contribution in [-0.4, -0.2) is 36.4 Å². The first-order valence-electron chi connectivity index (χ1n) is 33.1. The molecule has 0 aliphatic heterocycles. The summed E-state index contributed by atoms with van der Waals surface area (Å²) in [7, 11) is 0. The van der Waals surface area contributed by atoms with Gasteiger partial charge in [-0.3, -0.25) is 9.59 Å². The van der Waals surface area contributed by atoms with Gasteiger partial charge in [0.15, 0.2) is 6.10 Å². The van der Waals surface area contributed by atoms with Crippen LogP contribution in [0.1, 0.15) is 335 Å². The van der Waals surface area contributed by atoms with Gasteiger partial charge in [-0.15, -0.1) is 0 Å². The van der Waals surface area contributed by atoms with Gasteiger partial charge in [-0.05, 0) is 89.9 Å². The fourth-order valence-corrected chi connectivity index (χ4v) is 9.73. The summed E-state index contributed by atoms with van der Waals surface area (Å²) >= 11 is 0. The van der Waals surface area contributed by atoms with Gasteiger partial charge in [0.05, 0.1) is 6.61 Å². The Hall–Kier alpha value is -2.92. The Morgan fingerprint density at radius 3 is 0.855 bits per heavy atom. The smallest absolute Gasteiger partial charge is 0.306 e. The average molecular weight is 1060 g/mol. The predicted molar refractivity (Wildman–Crippen MR) is 334 cm³/mol. The van der Waals surface area contributed by atoms with Gasteiger partial charge in [-0.25, -0.2) is 0 Å². The first-order valence-corrected chi connectivity index (χ1v) is 33.1. The van der Waals surface area contributed by atoms with Crippen molar-refractivity contribution >= 4 is 11.9 Å². The summed E-state index contributed by atoms with van der Waals surface area (Å²) in [5.41, 5.74) is 0. The first-order chi connectivity index (χ1) is 37.6. The molecule has 0 aromatic heterocycles. The molecule has 0 rings (SSSR count). The minimum absolute atomic E-state index is 0.0646. The fourth-order valence-electron chi connectivity index (χ4n) is 9.73. The zero-order valence-electron chi connectivity index (χ0n) is 50.5. The minimum atomic E-state index is -0.775. The maximum Gasteiger partial charge on any atom is 0.306 e. The van der Waals surface area contributed by atoms with Crippen LogP contribution in [0.25, 0.3) is 0 Å². The maximum atomic E-state index is 12.4. The number of aliphatic hydroxyl groups excluding tert-OH is 1. The molecular weight excluding hydrogens is 933 g/mol. The van der Waals surface area contributed by atoms with Gasteiger partial charge in [-0.2, -0.15) is 0 Å². The van der Waals surface area contributed by atoms with Crippen LogP contribution in [0, 0.1) is 0 Å². The lowest BCUT2D eigenvalue weighted by atomic mass is 10.0. The quantitative estimate of drug-likeness (QED) is 0.0373. The van der Waals surface area contributed by atoms with Crippen LogP contribution in [0.3, 0.4) is 0 Å². The number of hydrogen-bond donors (Lipinski definition) is 1. The summed E-state index contributed by atoms with van der Waals surface area (Å²) in [6, 6.07) is 0. The van der Waals surface area contributed by atoms with Gasteiger partial charge in [0.1, 0.15) is 6.61 Å². The van der Waals surface area contributed by atoms with Gasteiger partial charge >= 0.3 is 11.9 Å².